The third-order valence-electron chi connectivity index (χ3n) is 3.81. The summed E-state index contributed by atoms with van der Waals surface area (Å²) in [5.74, 6) is 0. The molecule has 3 heteroatoms. The van der Waals surface area contributed by atoms with Gasteiger partial charge in [0.05, 0.1) is 0 Å². The molecule has 1 N–H and O–H groups in total. The molecule has 1 rings (SSSR count). The minimum Gasteiger partial charge on any atom is -0.318 e. The Labute approximate surface area is 94.8 Å². The summed E-state index contributed by atoms with van der Waals surface area (Å²) >= 11 is 0. The van der Waals surface area contributed by atoms with Crippen LogP contribution in [0.1, 0.15) is 27.2 Å². The van der Waals surface area contributed by atoms with Crippen LogP contribution in [-0.2, 0) is 0 Å². The van der Waals surface area contributed by atoms with Crippen LogP contribution in [0.15, 0.2) is 0 Å². The molecule has 0 aliphatic carbocycles. The fraction of sp³-hybridized carbons (Fsp3) is 1.00. The highest BCUT2D eigenvalue weighted by Gasteiger charge is 2.32. The lowest BCUT2D eigenvalue weighted by molar-refractivity contribution is 0.122. The van der Waals surface area contributed by atoms with Crippen molar-refractivity contribution in [1.29, 1.82) is 0 Å². The van der Waals surface area contributed by atoms with Crippen LogP contribution in [0.3, 0.4) is 0 Å². The molecule has 1 aliphatic rings. The summed E-state index contributed by atoms with van der Waals surface area (Å²) < 4.78 is 0. The number of nitrogens with zero attached hydrogens (tertiary/aromatic N) is 2. The van der Waals surface area contributed by atoms with Gasteiger partial charge in [-0.05, 0) is 47.5 Å². The Morgan fingerprint density at radius 2 is 2.07 bits per heavy atom. The van der Waals surface area contributed by atoms with Gasteiger partial charge in [-0.1, -0.05) is 6.92 Å². The lowest BCUT2D eigenvalue weighted by atomic mass is 9.98. The van der Waals surface area contributed by atoms with E-state index in [9.17, 15) is 0 Å². The van der Waals surface area contributed by atoms with Gasteiger partial charge < -0.3 is 10.2 Å². The fourth-order valence-corrected chi connectivity index (χ4v) is 2.44. The third kappa shape index (κ3) is 3.16. The normalized spacial score (nSPS) is 29.0. The number of hydrogen-bond donors (Lipinski definition) is 1. The molecule has 0 amide bonds. The lowest BCUT2D eigenvalue weighted by Gasteiger charge is -2.37. The van der Waals surface area contributed by atoms with Crippen LogP contribution in [0.25, 0.3) is 0 Å². The predicted molar refractivity (Wildman–Crippen MR) is 66.3 cm³/mol. The third-order valence-corrected chi connectivity index (χ3v) is 3.81. The summed E-state index contributed by atoms with van der Waals surface area (Å²) in [5, 5.41) is 3.30. The zero-order valence-corrected chi connectivity index (χ0v) is 11.0. The van der Waals surface area contributed by atoms with Gasteiger partial charge in [0, 0.05) is 24.7 Å². The number of likely N-dealkylation sites (N-methyl/N-ethyl adjacent to an activating group) is 3. The molecular formula is C12H27N3. The maximum absolute atomic E-state index is 3.30. The van der Waals surface area contributed by atoms with Crippen molar-refractivity contribution in [3.8, 4) is 0 Å². The Hall–Kier alpha value is -0.120. The van der Waals surface area contributed by atoms with Crippen molar-refractivity contribution in [2.75, 3.05) is 40.3 Å². The van der Waals surface area contributed by atoms with E-state index in [1.807, 2.05) is 7.05 Å². The Morgan fingerprint density at radius 1 is 1.40 bits per heavy atom. The van der Waals surface area contributed by atoms with Crippen molar-refractivity contribution in [3.63, 3.8) is 0 Å². The van der Waals surface area contributed by atoms with E-state index in [1.165, 1.54) is 19.5 Å². The zero-order valence-electron chi connectivity index (χ0n) is 11.0. The van der Waals surface area contributed by atoms with Crippen LogP contribution in [0.2, 0.25) is 0 Å². The van der Waals surface area contributed by atoms with Crippen molar-refractivity contribution < 1.29 is 0 Å². The topological polar surface area (TPSA) is 18.5 Å². The standard InChI is InChI=1S/C12H27N3/c1-6-15-10-11(9-13-4)14(5)8-7-12(15,2)3/h11,13H,6-10H2,1-5H3. The molecule has 0 bridgehead atoms. The van der Waals surface area contributed by atoms with Crippen LogP contribution < -0.4 is 5.32 Å². The molecule has 0 aromatic rings. The molecular weight excluding hydrogens is 186 g/mol. The summed E-state index contributed by atoms with van der Waals surface area (Å²) in [6.07, 6.45) is 1.26. The Kier molecular flexibility index (Phi) is 4.56. The summed E-state index contributed by atoms with van der Waals surface area (Å²) in [6.45, 7) is 11.6. The fourth-order valence-electron chi connectivity index (χ4n) is 2.44. The smallest absolute Gasteiger partial charge is 0.0344 e. The number of nitrogens with one attached hydrogen (secondary N) is 1. The van der Waals surface area contributed by atoms with Crippen molar-refractivity contribution in [1.82, 2.24) is 15.1 Å². The second-order valence-electron chi connectivity index (χ2n) is 5.29. The first-order chi connectivity index (χ1) is 7.01. The van der Waals surface area contributed by atoms with Gasteiger partial charge in [-0.3, -0.25) is 4.90 Å². The number of hydrogen-bond acceptors (Lipinski definition) is 3. The maximum atomic E-state index is 3.30. The second kappa shape index (κ2) is 5.28. The van der Waals surface area contributed by atoms with Crippen molar-refractivity contribution in [3.05, 3.63) is 0 Å². The quantitative estimate of drug-likeness (QED) is 0.755. The first-order valence-electron chi connectivity index (χ1n) is 6.11. The summed E-state index contributed by atoms with van der Waals surface area (Å²) in [5.41, 5.74) is 0.353. The summed E-state index contributed by atoms with van der Waals surface area (Å²) in [7, 11) is 4.29. The van der Waals surface area contributed by atoms with Crippen LogP contribution >= 0.6 is 0 Å². The van der Waals surface area contributed by atoms with E-state index in [4.69, 9.17) is 0 Å². The Bertz CT molecular complexity index is 191. The van der Waals surface area contributed by atoms with E-state index < -0.39 is 0 Å². The van der Waals surface area contributed by atoms with E-state index in [-0.39, 0.29) is 0 Å². The van der Waals surface area contributed by atoms with Crippen LogP contribution in [0, 0.1) is 0 Å². The molecule has 1 atom stereocenters. The van der Waals surface area contributed by atoms with Gasteiger partial charge >= 0.3 is 0 Å². The van der Waals surface area contributed by atoms with Crippen LogP contribution in [-0.4, -0.2) is 61.7 Å². The molecule has 1 saturated heterocycles. The van der Waals surface area contributed by atoms with Crippen molar-refractivity contribution in [2.24, 2.45) is 0 Å². The molecule has 1 unspecified atom stereocenters. The van der Waals surface area contributed by atoms with E-state index in [0.717, 1.165) is 13.1 Å². The molecule has 0 aromatic carbocycles. The van der Waals surface area contributed by atoms with Gasteiger partial charge in [0.2, 0.25) is 0 Å². The van der Waals surface area contributed by atoms with Gasteiger partial charge in [-0.25, -0.2) is 0 Å². The summed E-state index contributed by atoms with van der Waals surface area (Å²) in [4.78, 5) is 5.10. The minimum atomic E-state index is 0.353. The van der Waals surface area contributed by atoms with Gasteiger partial charge in [0.25, 0.3) is 0 Å². The molecule has 0 spiro atoms. The number of rotatable bonds is 3. The van der Waals surface area contributed by atoms with Crippen LogP contribution in [0.5, 0.6) is 0 Å². The van der Waals surface area contributed by atoms with E-state index in [0.29, 0.717) is 11.6 Å². The molecule has 1 heterocycles. The molecule has 1 aliphatic heterocycles. The highest BCUT2D eigenvalue weighted by atomic mass is 15.3. The molecule has 15 heavy (non-hydrogen) atoms. The average molecular weight is 213 g/mol. The maximum Gasteiger partial charge on any atom is 0.0344 e. The lowest BCUT2D eigenvalue weighted by Crippen LogP contribution is -2.48. The van der Waals surface area contributed by atoms with Crippen LogP contribution in [0.4, 0.5) is 0 Å². The first-order valence-corrected chi connectivity index (χ1v) is 6.11. The highest BCUT2D eigenvalue weighted by molar-refractivity contribution is 4.90. The van der Waals surface area contributed by atoms with E-state index in [2.05, 4.69) is 42.9 Å². The molecule has 90 valence electrons. The Balaban J connectivity index is 2.70. The van der Waals surface area contributed by atoms with Crippen molar-refractivity contribution >= 4 is 0 Å². The van der Waals surface area contributed by atoms with Gasteiger partial charge in [0.15, 0.2) is 0 Å². The molecule has 3 nitrogen and oxygen atoms in total. The molecule has 0 aromatic heterocycles. The largest absolute Gasteiger partial charge is 0.318 e. The monoisotopic (exact) mass is 213 g/mol. The predicted octanol–water partition coefficient (Wildman–Crippen LogP) is 1.01. The second-order valence-corrected chi connectivity index (χ2v) is 5.29. The Morgan fingerprint density at radius 3 is 2.60 bits per heavy atom. The van der Waals surface area contributed by atoms with E-state index >= 15 is 0 Å². The van der Waals surface area contributed by atoms with Gasteiger partial charge in [0.1, 0.15) is 0 Å². The van der Waals surface area contributed by atoms with Crippen molar-refractivity contribution in [2.45, 2.75) is 38.8 Å². The zero-order chi connectivity index (χ0) is 11.5. The van der Waals surface area contributed by atoms with E-state index in [1.54, 1.807) is 0 Å². The molecule has 1 fully saturated rings. The summed E-state index contributed by atoms with van der Waals surface area (Å²) in [6, 6.07) is 0.650. The minimum absolute atomic E-state index is 0.353. The molecule has 0 radical (unpaired) electrons. The van der Waals surface area contributed by atoms with Gasteiger partial charge in [-0.2, -0.15) is 0 Å². The SMILES string of the molecule is CCN1CC(CNC)N(C)CCC1(C)C. The average Bonchev–Trinajstić information content (AvgIpc) is 2.29. The first kappa shape index (κ1) is 12.9. The highest BCUT2D eigenvalue weighted by Crippen LogP contribution is 2.23. The van der Waals surface area contributed by atoms with Gasteiger partial charge in [-0.15, -0.1) is 0 Å². The molecule has 0 saturated carbocycles.